The van der Waals surface area contributed by atoms with Crippen molar-refractivity contribution >= 4 is 12.0 Å². The van der Waals surface area contributed by atoms with Gasteiger partial charge in [-0.3, -0.25) is 0 Å². The van der Waals surface area contributed by atoms with Crippen molar-refractivity contribution in [3.63, 3.8) is 0 Å². The summed E-state index contributed by atoms with van der Waals surface area (Å²) in [6.45, 7) is 6.12. The first-order valence-corrected chi connectivity index (χ1v) is 6.72. The van der Waals surface area contributed by atoms with Gasteiger partial charge in [-0.05, 0) is 67.3 Å². The van der Waals surface area contributed by atoms with E-state index in [2.05, 4.69) is 13.0 Å². The highest BCUT2D eigenvalue weighted by Gasteiger charge is 2.05. The van der Waals surface area contributed by atoms with E-state index in [4.69, 9.17) is 9.84 Å². The fourth-order valence-electron chi connectivity index (χ4n) is 2.08. The van der Waals surface area contributed by atoms with E-state index in [0.717, 1.165) is 28.5 Å². The molecule has 2 aromatic rings. The van der Waals surface area contributed by atoms with Crippen LogP contribution in [-0.4, -0.2) is 11.1 Å². The Bertz CT molecular complexity index is 700. The molecule has 108 valence electrons. The standard InChI is InChI=1S/C18H18O3/c1-12-9-13(2)14(3)17(10-12)21-16-6-4-5-15(11-16)7-8-18(19)20/h4-11H,1-3H3,(H,19,20). The lowest BCUT2D eigenvalue weighted by atomic mass is 10.1. The third-order valence-corrected chi connectivity index (χ3v) is 3.27. The monoisotopic (exact) mass is 282 g/mol. The van der Waals surface area contributed by atoms with Crippen LogP contribution in [0.4, 0.5) is 0 Å². The zero-order valence-electron chi connectivity index (χ0n) is 12.4. The molecular weight excluding hydrogens is 264 g/mol. The Kier molecular flexibility index (Phi) is 4.43. The maximum absolute atomic E-state index is 10.6. The number of aliphatic carboxylic acids is 1. The predicted octanol–water partition coefficient (Wildman–Crippen LogP) is 4.50. The maximum Gasteiger partial charge on any atom is 0.328 e. The van der Waals surface area contributed by atoms with E-state index in [1.54, 1.807) is 6.08 Å². The summed E-state index contributed by atoms with van der Waals surface area (Å²) in [5.41, 5.74) is 4.23. The molecule has 1 N–H and O–H groups in total. The van der Waals surface area contributed by atoms with Crippen molar-refractivity contribution in [2.75, 3.05) is 0 Å². The Morgan fingerprint density at radius 1 is 1.14 bits per heavy atom. The van der Waals surface area contributed by atoms with Gasteiger partial charge in [0.15, 0.2) is 0 Å². The fraction of sp³-hybridized carbons (Fsp3) is 0.167. The minimum absolute atomic E-state index is 0.690. The van der Waals surface area contributed by atoms with Gasteiger partial charge in [-0.15, -0.1) is 0 Å². The molecule has 0 saturated carbocycles. The molecule has 0 aliphatic heterocycles. The molecule has 21 heavy (non-hydrogen) atoms. The number of hydrogen-bond donors (Lipinski definition) is 1. The highest BCUT2D eigenvalue weighted by atomic mass is 16.5. The number of benzene rings is 2. The van der Waals surface area contributed by atoms with Gasteiger partial charge in [0.05, 0.1) is 0 Å². The van der Waals surface area contributed by atoms with Gasteiger partial charge in [0, 0.05) is 6.08 Å². The van der Waals surface area contributed by atoms with Crippen molar-refractivity contribution < 1.29 is 14.6 Å². The Labute approximate surface area is 124 Å². The molecule has 0 unspecified atom stereocenters. The van der Waals surface area contributed by atoms with E-state index >= 15 is 0 Å². The van der Waals surface area contributed by atoms with Gasteiger partial charge in [-0.25, -0.2) is 4.79 Å². The number of rotatable bonds is 4. The highest BCUT2D eigenvalue weighted by Crippen LogP contribution is 2.29. The average Bonchev–Trinajstić information content (AvgIpc) is 2.42. The zero-order valence-corrected chi connectivity index (χ0v) is 12.4. The van der Waals surface area contributed by atoms with Crippen molar-refractivity contribution in [3.8, 4) is 11.5 Å². The van der Waals surface area contributed by atoms with Crippen LogP contribution in [0.3, 0.4) is 0 Å². The molecule has 3 heteroatoms. The number of aryl methyl sites for hydroxylation is 2. The second kappa shape index (κ2) is 6.27. The van der Waals surface area contributed by atoms with Crippen molar-refractivity contribution in [1.82, 2.24) is 0 Å². The molecule has 0 aromatic heterocycles. The van der Waals surface area contributed by atoms with E-state index in [1.165, 1.54) is 5.56 Å². The molecule has 0 aliphatic rings. The predicted molar refractivity (Wildman–Crippen MR) is 83.8 cm³/mol. The Morgan fingerprint density at radius 2 is 1.90 bits per heavy atom. The molecule has 0 atom stereocenters. The Morgan fingerprint density at radius 3 is 2.62 bits per heavy atom. The molecule has 2 rings (SSSR count). The van der Waals surface area contributed by atoms with Gasteiger partial charge in [0.1, 0.15) is 11.5 Å². The van der Waals surface area contributed by atoms with Crippen LogP contribution < -0.4 is 4.74 Å². The van der Waals surface area contributed by atoms with Crippen LogP contribution >= 0.6 is 0 Å². The number of ether oxygens (including phenoxy) is 1. The van der Waals surface area contributed by atoms with Crippen LogP contribution in [0, 0.1) is 20.8 Å². The zero-order chi connectivity index (χ0) is 15.4. The number of carboxylic acids is 1. The van der Waals surface area contributed by atoms with Crippen LogP contribution in [0.25, 0.3) is 6.08 Å². The summed E-state index contributed by atoms with van der Waals surface area (Å²) in [6, 6.07) is 11.5. The summed E-state index contributed by atoms with van der Waals surface area (Å²) < 4.78 is 5.94. The van der Waals surface area contributed by atoms with Crippen molar-refractivity contribution in [2.24, 2.45) is 0 Å². The lowest BCUT2D eigenvalue weighted by Gasteiger charge is -2.12. The van der Waals surface area contributed by atoms with Crippen molar-refractivity contribution in [1.29, 1.82) is 0 Å². The van der Waals surface area contributed by atoms with E-state index in [-0.39, 0.29) is 0 Å². The molecule has 3 nitrogen and oxygen atoms in total. The smallest absolute Gasteiger partial charge is 0.328 e. The minimum Gasteiger partial charge on any atom is -0.478 e. The van der Waals surface area contributed by atoms with Crippen LogP contribution in [0.2, 0.25) is 0 Å². The molecule has 0 saturated heterocycles. The van der Waals surface area contributed by atoms with Gasteiger partial charge in [0.2, 0.25) is 0 Å². The summed E-state index contributed by atoms with van der Waals surface area (Å²) in [5, 5.41) is 8.66. The Hall–Kier alpha value is -2.55. The highest BCUT2D eigenvalue weighted by molar-refractivity contribution is 5.85. The first kappa shape index (κ1) is 14.9. The first-order valence-electron chi connectivity index (χ1n) is 6.72. The first-order chi connectivity index (χ1) is 9.95. The molecule has 0 radical (unpaired) electrons. The van der Waals surface area contributed by atoms with Crippen LogP contribution in [-0.2, 0) is 4.79 Å². The van der Waals surface area contributed by atoms with Crippen molar-refractivity contribution in [3.05, 3.63) is 64.7 Å². The minimum atomic E-state index is -0.966. The number of carbonyl (C=O) groups is 1. The van der Waals surface area contributed by atoms with E-state index in [0.29, 0.717) is 5.75 Å². The fourth-order valence-corrected chi connectivity index (χ4v) is 2.08. The Balaban J connectivity index is 2.28. The lowest BCUT2D eigenvalue weighted by molar-refractivity contribution is -0.131. The number of carboxylic acid groups (broad SMARTS) is 1. The van der Waals surface area contributed by atoms with Gasteiger partial charge < -0.3 is 9.84 Å². The molecule has 0 heterocycles. The lowest BCUT2D eigenvalue weighted by Crippen LogP contribution is -1.92. The summed E-state index contributed by atoms with van der Waals surface area (Å²) in [4.78, 5) is 10.6. The quantitative estimate of drug-likeness (QED) is 0.840. The molecule has 0 spiro atoms. The van der Waals surface area contributed by atoms with Gasteiger partial charge >= 0.3 is 5.97 Å². The largest absolute Gasteiger partial charge is 0.478 e. The second-order valence-electron chi connectivity index (χ2n) is 5.05. The molecule has 2 aromatic carbocycles. The molecule has 0 bridgehead atoms. The van der Waals surface area contributed by atoms with E-state index in [1.807, 2.05) is 44.2 Å². The van der Waals surface area contributed by atoms with Crippen LogP contribution in [0.5, 0.6) is 11.5 Å². The third-order valence-electron chi connectivity index (χ3n) is 3.27. The van der Waals surface area contributed by atoms with Gasteiger partial charge in [-0.2, -0.15) is 0 Å². The SMILES string of the molecule is Cc1cc(C)c(C)c(Oc2cccc(C=CC(=O)O)c2)c1. The van der Waals surface area contributed by atoms with E-state index < -0.39 is 5.97 Å². The van der Waals surface area contributed by atoms with Gasteiger partial charge in [-0.1, -0.05) is 18.2 Å². The summed E-state index contributed by atoms with van der Waals surface area (Å²) in [5.74, 6) is 0.550. The summed E-state index contributed by atoms with van der Waals surface area (Å²) in [6.07, 6.45) is 2.66. The van der Waals surface area contributed by atoms with Gasteiger partial charge in [0.25, 0.3) is 0 Å². The summed E-state index contributed by atoms with van der Waals surface area (Å²) in [7, 11) is 0. The summed E-state index contributed by atoms with van der Waals surface area (Å²) >= 11 is 0. The maximum atomic E-state index is 10.6. The molecular formula is C18H18O3. The number of hydrogen-bond acceptors (Lipinski definition) is 2. The third kappa shape index (κ3) is 3.96. The molecule has 0 aliphatic carbocycles. The normalized spacial score (nSPS) is 10.8. The average molecular weight is 282 g/mol. The van der Waals surface area contributed by atoms with Crippen LogP contribution in [0.1, 0.15) is 22.3 Å². The van der Waals surface area contributed by atoms with E-state index in [9.17, 15) is 4.79 Å². The second-order valence-corrected chi connectivity index (χ2v) is 5.05. The van der Waals surface area contributed by atoms with Crippen LogP contribution in [0.15, 0.2) is 42.5 Å². The topological polar surface area (TPSA) is 46.5 Å². The van der Waals surface area contributed by atoms with Crippen molar-refractivity contribution in [2.45, 2.75) is 20.8 Å². The molecule has 0 amide bonds. The molecule has 0 fully saturated rings.